The molecule has 0 fully saturated rings. The fourth-order valence-electron chi connectivity index (χ4n) is 3.42. The van der Waals surface area contributed by atoms with Crippen LogP contribution in [0.5, 0.6) is 0 Å². The molecular formula is C21H19N3O3. The third kappa shape index (κ3) is 3.35. The Morgan fingerprint density at radius 1 is 0.963 bits per heavy atom. The van der Waals surface area contributed by atoms with Gasteiger partial charge in [-0.15, -0.1) is 0 Å². The number of nitro groups is 1. The lowest BCUT2D eigenvalue weighted by atomic mass is 10.1. The Kier molecular flexibility index (Phi) is 4.48. The van der Waals surface area contributed by atoms with E-state index in [4.69, 9.17) is 0 Å². The van der Waals surface area contributed by atoms with E-state index in [0.717, 1.165) is 27.5 Å². The lowest BCUT2D eigenvalue weighted by Crippen LogP contribution is -2.24. The zero-order valence-corrected chi connectivity index (χ0v) is 14.6. The summed E-state index contributed by atoms with van der Waals surface area (Å²) < 4.78 is 2.02. The Labute approximate surface area is 155 Å². The van der Waals surface area contributed by atoms with Gasteiger partial charge in [0.2, 0.25) is 0 Å². The van der Waals surface area contributed by atoms with Crippen LogP contribution in [0.15, 0.2) is 72.8 Å². The van der Waals surface area contributed by atoms with Crippen LogP contribution in [0.2, 0.25) is 0 Å². The SMILES string of the molecule is O=[N+]([O-])c1ccc2c(c1)c1ccccc1n2CC(O)CNc1ccccc1. The van der Waals surface area contributed by atoms with Gasteiger partial charge in [0.05, 0.1) is 17.6 Å². The van der Waals surface area contributed by atoms with E-state index < -0.39 is 6.10 Å². The van der Waals surface area contributed by atoms with Crippen LogP contribution in [0, 0.1) is 10.1 Å². The number of benzene rings is 3. The van der Waals surface area contributed by atoms with Gasteiger partial charge in [-0.3, -0.25) is 10.1 Å². The molecule has 0 bridgehead atoms. The van der Waals surface area contributed by atoms with E-state index in [9.17, 15) is 15.2 Å². The third-order valence-corrected chi connectivity index (χ3v) is 4.68. The monoisotopic (exact) mass is 361 g/mol. The number of nitrogens with zero attached hydrogens (tertiary/aromatic N) is 2. The molecule has 0 aliphatic heterocycles. The lowest BCUT2D eigenvalue weighted by Gasteiger charge is -2.15. The first-order chi connectivity index (χ1) is 13.1. The Morgan fingerprint density at radius 2 is 1.67 bits per heavy atom. The molecule has 4 aromatic rings. The van der Waals surface area contributed by atoms with E-state index in [0.29, 0.717) is 13.1 Å². The number of fused-ring (bicyclic) bond motifs is 3. The molecule has 0 aliphatic rings. The molecule has 6 nitrogen and oxygen atoms in total. The molecule has 0 saturated carbocycles. The molecule has 2 N–H and O–H groups in total. The molecule has 1 heterocycles. The zero-order valence-electron chi connectivity index (χ0n) is 14.6. The number of hydrogen-bond donors (Lipinski definition) is 2. The molecule has 0 aliphatic carbocycles. The van der Waals surface area contributed by atoms with Crippen molar-refractivity contribution in [3.05, 3.63) is 82.9 Å². The van der Waals surface area contributed by atoms with Crippen molar-refractivity contribution in [3.8, 4) is 0 Å². The Balaban J connectivity index is 1.66. The highest BCUT2D eigenvalue weighted by molar-refractivity contribution is 6.08. The van der Waals surface area contributed by atoms with Crippen molar-refractivity contribution < 1.29 is 10.0 Å². The fourth-order valence-corrected chi connectivity index (χ4v) is 3.42. The van der Waals surface area contributed by atoms with Gasteiger partial charge < -0.3 is 15.0 Å². The van der Waals surface area contributed by atoms with Gasteiger partial charge >= 0.3 is 0 Å². The summed E-state index contributed by atoms with van der Waals surface area (Å²) in [4.78, 5) is 10.8. The number of anilines is 1. The summed E-state index contributed by atoms with van der Waals surface area (Å²) in [6.45, 7) is 0.798. The minimum absolute atomic E-state index is 0.0664. The number of aliphatic hydroxyl groups excluding tert-OH is 1. The highest BCUT2D eigenvalue weighted by Crippen LogP contribution is 2.31. The van der Waals surface area contributed by atoms with E-state index in [2.05, 4.69) is 5.32 Å². The van der Waals surface area contributed by atoms with Crippen molar-refractivity contribution in [1.29, 1.82) is 0 Å². The maximum absolute atomic E-state index is 11.1. The number of non-ortho nitro benzene ring substituents is 1. The van der Waals surface area contributed by atoms with Gasteiger partial charge in [0.1, 0.15) is 0 Å². The maximum Gasteiger partial charge on any atom is 0.270 e. The van der Waals surface area contributed by atoms with E-state index in [1.165, 1.54) is 6.07 Å². The quantitative estimate of drug-likeness (QED) is 0.399. The van der Waals surface area contributed by atoms with Gasteiger partial charge in [-0.05, 0) is 24.3 Å². The Bertz CT molecular complexity index is 1110. The molecule has 0 radical (unpaired) electrons. The smallest absolute Gasteiger partial charge is 0.270 e. The molecule has 4 rings (SSSR count). The second kappa shape index (κ2) is 7.09. The van der Waals surface area contributed by atoms with Gasteiger partial charge in [0.15, 0.2) is 0 Å². The minimum Gasteiger partial charge on any atom is -0.389 e. The molecule has 0 saturated heterocycles. The third-order valence-electron chi connectivity index (χ3n) is 4.68. The van der Waals surface area contributed by atoms with E-state index in [-0.39, 0.29) is 10.6 Å². The molecule has 27 heavy (non-hydrogen) atoms. The molecule has 6 heteroatoms. The van der Waals surface area contributed by atoms with Crippen molar-refractivity contribution in [2.75, 3.05) is 11.9 Å². The van der Waals surface area contributed by atoms with Crippen molar-refractivity contribution in [1.82, 2.24) is 4.57 Å². The fraction of sp³-hybridized carbons (Fsp3) is 0.143. The van der Waals surface area contributed by atoms with Gasteiger partial charge in [-0.1, -0.05) is 36.4 Å². The predicted octanol–water partition coefficient (Wildman–Crippen LogP) is 4.18. The molecule has 0 amide bonds. The first-order valence-electron chi connectivity index (χ1n) is 8.76. The highest BCUT2D eigenvalue weighted by Gasteiger charge is 2.16. The summed E-state index contributed by atoms with van der Waals surface area (Å²) in [5, 5.41) is 26.7. The maximum atomic E-state index is 11.1. The second-order valence-corrected chi connectivity index (χ2v) is 6.49. The first-order valence-corrected chi connectivity index (χ1v) is 8.76. The molecule has 1 aromatic heterocycles. The van der Waals surface area contributed by atoms with Crippen LogP contribution in [-0.2, 0) is 6.54 Å². The lowest BCUT2D eigenvalue weighted by molar-refractivity contribution is -0.384. The van der Waals surface area contributed by atoms with Crippen LogP contribution in [0.1, 0.15) is 0 Å². The predicted molar refractivity (Wildman–Crippen MR) is 107 cm³/mol. The number of aromatic nitrogens is 1. The normalized spacial score (nSPS) is 12.3. The minimum atomic E-state index is -0.612. The van der Waals surface area contributed by atoms with E-state index in [1.807, 2.05) is 59.2 Å². The summed E-state index contributed by atoms with van der Waals surface area (Å²) >= 11 is 0. The van der Waals surface area contributed by atoms with Gasteiger partial charge in [-0.2, -0.15) is 0 Å². The van der Waals surface area contributed by atoms with E-state index >= 15 is 0 Å². The molecule has 136 valence electrons. The van der Waals surface area contributed by atoms with Gasteiger partial charge in [0, 0.05) is 46.2 Å². The number of aliphatic hydroxyl groups is 1. The topological polar surface area (TPSA) is 80.3 Å². The Hall–Kier alpha value is -3.38. The highest BCUT2D eigenvalue weighted by atomic mass is 16.6. The van der Waals surface area contributed by atoms with Crippen LogP contribution in [0.25, 0.3) is 21.8 Å². The van der Waals surface area contributed by atoms with Crippen LogP contribution in [0.4, 0.5) is 11.4 Å². The number of para-hydroxylation sites is 2. The average Bonchev–Trinajstić information content (AvgIpc) is 3.00. The molecule has 3 aromatic carbocycles. The average molecular weight is 361 g/mol. The van der Waals surface area contributed by atoms with Crippen molar-refractivity contribution >= 4 is 33.2 Å². The summed E-state index contributed by atoms with van der Waals surface area (Å²) in [5.41, 5.74) is 2.85. The summed E-state index contributed by atoms with van der Waals surface area (Å²) in [6, 6.07) is 22.4. The standard InChI is InChI=1S/C21H19N3O3/c25-17(13-22-15-6-2-1-3-7-15)14-23-20-9-5-4-8-18(20)19-12-16(24(26)27)10-11-21(19)23/h1-12,17,22,25H,13-14H2. The van der Waals surface area contributed by atoms with Crippen molar-refractivity contribution in [2.45, 2.75) is 12.6 Å². The number of nitrogens with one attached hydrogen (secondary N) is 1. The summed E-state index contributed by atoms with van der Waals surface area (Å²) in [7, 11) is 0. The van der Waals surface area contributed by atoms with Crippen LogP contribution in [0.3, 0.4) is 0 Å². The number of hydrogen-bond acceptors (Lipinski definition) is 4. The van der Waals surface area contributed by atoms with Crippen molar-refractivity contribution in [2.24, 2.45) is 0 Å². The zero-order chi connectivity index (χ0) is 18.8. The van der Waals surface area contributed by atoms with Crippen molar-refractivity contribution in [3.63, 3.8) is 0 Å². The van der Waals surface area contributed by atoms with E-state index in [1.54, 1.807) is 12.1 Å². The van der Waals surface area contributed by atoms with Gasteiger partial charge in [0.25, 0.3) is 5.69 Å². The van der Waals surface area contributed by atoms with Crippen LogP contribution in [-0.4, -0.2) is 27.2 Å². The molecule has 1 unspecified atom stereocenters. The molecule has 0 spiro atoms. The van der Waals surface area contributed by atoms with Crippen LogP contribution >= 0.6 is 0 Å². The first kappa shape index (κ1) is 17.1. The molecular weight excluding hydrogens is 342 g/mol. The number of rotatable bonds is 6. The molecule has 1 atom stereocenters. The largest absolute Gasteiger partial charge is 0.389 e. The Morgan fingerprint density at radius 3 is 2.44 bits per heavy atom. The summed E-state index contributed by atoms with van der Waals surface area (Å²) in [5.74, 6) is 0. The van der Waals surface area contributed by atoms with Crippen LogP contribution < -0.4 is 5.32 Å². The summed E-state index contributed by atoms with van der Waals surface area (Å²) in [6.07, 6.45) is -0.612. The number of nitro benzene ring substituents is 1. The van der Waals surface area contributed by atoms with Gasteiger partial charge in [-0.25, -0.2) is 0 Å². The second-order valence-electron chi connectivity index (χ2n) is 6.49.